The van der Waals surface area contributed by atoms with Gasteiger partial charge in [-0.1, -0.05) is 35.9 Å². The van der Waals surface area contributed by atoms with Crippen molar-refractivity contribution in [1.29, 1.82) is 0 Å². The molecule has 0 spiro atoms. The van der Waals surface area contributed by atoms with Crippen LogP contribution in [-0.2, 0) is 17.6 Å². The van der Waals surface area contributed by atoms with Crippen molar-refractivity contribution in [2.24, 2.45) is 0 Å². The highest BCUT2D eigenvalue weighted by Crippen LogP contribution is 2.29. The Morgan fingerprint density at radius 2 is 2.05 bits per heavy atom. The van der Waals surface area contributed by atoms with E-state index >= 15 is 0 Å². The van der Waals surface area contributed by atoms with E-state index in [1.54, 1.807) is 18.2 Å². The average Bonchev–Trinajstić information content (AvgIpc) is 2.48. The third-order valence-electron chi connectivity index (χ3n) is 3.99. The number of para-hydroxylation sites is 1. The zero-order chi connectivity index (χ0) is 14.8. The van der Waals surface area contributed by atoms with E-state index in [2.05, 4.69) is 13.0 Å². The van der Waals surface area contributed by atoms with Crippen LogP contribution in [0.2, 0.25) is 0 Å². The Bertz CT molecular complexity index is 679. The number of benzene rings is 2. The minimum absolute atomic E-state index is 0.0429. The highest BCUT2D eigenvalue weighted by atomic mass is 16.3. The number of anilines is 1. The Hall–Kier alpha value is -2.29. The summed E-state index contributed by atoms with van der Waals surface area (Å²) in [5.41, 5.74) is 4.17. The normalized spacial score (nSPS) is 13.9. The van der Waals surface area contributed by atoms with E-state index in [0.717, 1.165) is 25.1 Å². The van der Waals surface area contributed by atoms with Crippen LogP contribution in [0, 0.1) is 6.92 Å². The molecule has 0 aliphatic carbocycles. The van der Waals surface area contributed by atoms with E-state index in [1.807, 2.05) is 23.1 Å². The summed E-state index contributed by atoms with van der Waals surface area (Å²) in [6.45, 7) is 2.82. The molecule has 21 heavy (non-hydrogen) atoms. The van der Waals surface area contributed by atoms with E-state index in [4.69, 9.17) is 0 Å². The predicted octanol–water partition coefficient (Wildman–Crippen LogP) is 3.22. The molecule has 3 heteroatoms. The molecule has 1 heterocycles. The van der Waals surface area contributed by atoms with Gasteiger partial charge in [-0.05, 0) is 37.5 Å². The smallest absolute Gasteiger partial charge is 0.231 e. The third kappa shape index (κ3) is 2.77. The van der Waals surface area contributed by atoms with Gasteiger partial charge in [0.2, 0.25) is 5.91 Å². The quantitative estimate of drug-likeness (QED) is 0.918. The van der Waals surface area contributed by atoms with Gasteiger partial charge in [-0.2, -0.15) is 0 Å². The summed E-state index contributed by atoms with van der Waals surface area (Å²) >= 11 is 0. The number of nitrogens with zero attached hydrogens (tertiary/aromatic N) is 1. The molecule has 108 valence electrons. The predicted molar refractivity (Wildman–Crippen MR) is 83.7 cm³/mol. The number of phenols is 1. The first-order valence-corrected chi connectivity index (χ1v) is 7.32. The van der Waals surface area contributed by atoms with Crippen molar-refractivity contribution in [3.05, 3.63) is 59.2 Å². The van der Waals surface area contributed by atoms with E-state index in [9.17, 15) is 9.90 Å². The lowest BCUT2D eigenvalue weighted by Crippen LogP contribution is -2.36. The van der Waals surface area contributed by atoms with Gasteiger partial charge in [0, 0.05) is 17.8 Å². The summed E-state index contributed by atoms with van der Waals surface area (Å²) < 4.78 is 0. The molecule has 2 aromatic rings. The first-order valence-electron chi connectivity index (χ1n) is 7.32. The van der Waals surface area contributed by atoms with Gasteiger partial charge < -0.3 is 10.0 Å². The zero-order valence-electron chi connectivity index (χ0n) is 12.2. The van der Waals surface area contributed by atoms with Gasteiger partial charge >= 0.3 is 0 Å². The molecule has 0 saturated carbocycles. The van der Waals surface area contributed by atoms with Crippen molar-refractivity contribution in [2.45, 2.75) is 26.2 Å². The SMILES string of the molecule is Cc1ccc2c(c1)CCCN2C(=O)Cc1ccccc1O. The lowest BCUT2D eigenvalue weighted by atomic mass is 9.99. The molecule has 3 rings (SSSR count). The molecule has 3 nitrogen and oxygen atoms in total. The second-order valence-corrected chi connectivity index (χ2v) is 5.59. The molecule has 0 saturated heterocycles. The Balaban J connectivity index is 1.85. The molecule has 0 atom stereocenters. The molecule has 0 bridgehead atoms. The van der Waals surface area contributed by atoms with Crippen LogP contribution < -0.4 is 4.90 Å². The Morgan fingerprint density at radius 1 is 1.24 bits per heavy atom. The highest BCUT2D eigenvalue weighted by molar-refractivity contribution is 5.96. The van der Waals surface area contributed by atoms with Gasteiger partial charge in [0.1, 0.15) is 5.75 Å². The molecular formula is C18H19NO2. The molecule has 1 aliphatic rings. The van der Waals surface area contributed by atoms with Crippen LogP contribution >= 0.6 is 0 Å². The molecule has 0 aromatic heterocycles. The standard InChI is InChI=1S/C18H19NO2/c1-13-8-9-16-14(11-13)6-4-10-19(16)18(21)12-15-5-2-3-7-17(15)20/h2-3,5,7-9,11,20H,4,6,10,12H2,1H3. The van der Waals surface area contributed by atoms with Gasteiger partial charge in [0.05, 0.1) is 6.42 Å². The largest absolute Gasteiger partial charge is 0.508 e. The lowest BCUT2D eigenvalue weighted by molar-refractivity contribution is -0.118. The number of rotatable bonds is 2. The van der Waals surface area contributed by atoms with Crippen LogP contribution in [0.5, 0.6) is 5.75 Å². The fourth-order valence-electron chi connectivity index (χ4n) is 2.90. The molecule has 0 radical (unpaired) electrons. The first kappa shape index (κ1) is 13.7. The summed E-state index contributed by atoms with van der Waals surface area (Å²) in [5.74, 6) is 0.230. The van der Waals surface area contributed by atoms with Crippen molar-refractivity contribution in [1.82, 2.24) is 0 Å². The number of fused-ring (bicyclic) bond motifs is 1. The van der Waals surface area contributed by atoms with Crippen molar-refractivity contribution in [3.63, 3.8) is 0 Å². The maximum Gasteiger partial charge on any atom is 0.231 e. The molecule has 1 N–H and O–H groups in total. The zero-order valence-corrected chi connectivity index (χ0v) is 12.2. The first-order chi connectivity index (χ1) is 10.1. The lowest BCUT2D eigenvalue weighted by Gasteiger charge is -2.30. The average molecular weight is 281 g/mol. The Morgan fingerprint density at radius 3 is 2.86 bits per heavy atom. The summed E-state index contributed by atoms with van der Waals surface area (Å²) in [4.78, 5) is 14.4. The third-order valence-corrected chi connectivity index (χ3v) is 3.99. The van der Waals surface area contributed by atoms with Crippen LogP contribution in [-0.4, -0.2) is 17.6 Å². The second kappa shape index (κ2) is 5.60. The van der Waals surface area contributed by atoms with Crippen LogP contribution in [0.3, 0.4) is 0 Å². The highest BCUT2D eigenvalue weighted by Gasteiger charge is 2.23. The van der Waals surface area contributed by atoms with Crippen molar-refractivity contribution in [3.8, 4) is 5.75 Å². The number of amides is 1. The summed E-state index contributed by atoms with van der Waals surface area (Å²) in [7, 11) is 0. The fourth-order valence-corrected chi connectivity index (χ4v) is 2.90. The topological polar surface area (TPSA) is 40.5 Å². The maximum atomic E-state index is 12.6. The van der Waals surface area contributed by atoms with Gasteiger partial charge in [-0.15, -0.1) is 0 Å². The van der Waals surface area contributed by atoms with Crippen molar-refractivity contribution < 1.29 is 9.90 Å². The number of phenolic OH excluding ortho intramolecular Hbond substituents is 1. The number of hydrogen-bond acceptors (Lipinski definition) is 2. The molecule has 1 amide bonds. The fraction of sp³-hybridized carbons (Fsp3) is 0.278. The second-order valence-electron chi connectivity index (χ2n) is 5.59. The summed E-state index contributed by atoms with van der Waals surface area (Å²) in [6.07, 6.45) is 2.25. The molecule has 2 aromatic carbocycles. The summed E-state index contributed by atoms with van der Waals surface area (Å²) in [6, 6.07) is 13.3. The van der Waals surface area contributed by atoms with E-state index in [-0.39, 0.29) is 18.1 Å². The van der Waals surface area contributed by atoms with Gasteiger partial charge in [-0.25, -0.2) is 0 Å². The van der Waals surface area contributed by atoms with Crippen molar-refractivity contribution >= 4 is 11.6 Å². The minimum atomic E-state index is 0.0429. The number of carbonyl (C=O) groups is 1. The van der Waals surface area contributed by atoms with Crippen molar-refractivity contribution in [2.75, 3.05) is 11.4 Å². The van der Waals surface area contributed by atoms with Crippen LogP contribution in [0.1, 0.15) is 23.1 Å². The van der Waals surface area contributed by atoms with Crippen LogP contribution in [0.15, 0.2) is 42.5 Å². The number of aryl methyl sites for hydroxylation is 2. The minimum Gasteiger partial charge on any atom is -0.508 e. The molecular weight excluding hydrogens is 262 g/mol. The van der Waals surface area contributed by atoms with Crippen LogP contribution in [0.4, 0.5) is 5.69 Å². The number of hydrogen-bond donors (Lipinski definition) is 1. The molecule has 1 aliphatic heterocycles. The molecule has 0 fully saturated rings. The van der Waals surface area contributed by atoms with Gasteiger partial charge in [0.25, 0.3) is 0 Å². The Labute approximate surface area is 124 Å². The van der Waals surface area contributed by atoms with Gasteiger partial charge in [-0.3, -0.25) is 4.79 Å². The maximum absolute atomic E-state index is 12.6. The summed E-state index contributed by atoms with van der Waals surface area (Å²) in [5, 5.41) is 9.82. The van der Waals surface area contributed by atoms with E-state index < -0.39 is 0 Å². The van der Waals surface area contributed by atoms with Crippen LogP contribution in [0.25, 0.3) is 0 Å². The number of carbonyl (C=O) groups excluding carboxylic acids is 1. The van der Waals surface area contributed by atoms with E-state index in [0.29, 0.717) is 5.56 Å². The molecule has 0 unspecified atom stereocenters. The Kier molecular flexibility index (Phi) is 3.65. The van der Waals surface area contributed by atoms with Gasteiger partial charge in [0.15, 0.2) is 0 Å². The number of aromatic hydroxyl groups is 1. The monoisotopic (exact) mass is 281 g/mol. The van der Waals surface area contributed by atoms with E-state index in [1.165, 1.54) is 11.1 Å².